The van der Waals surface area contributed by atoms with Gasteiger partial charge in [0.1, 0.15) is 0 Å². The van der Waals surface area contributed by atoms with E-state index in [-0.39, 0.29) is 5.54 Å². The third-order valence-corrected chi connectivity index (χ3v) is 3.83. The van der Waals surface area contributed by atoms with Crippen molar-refractivity contribution in [3.8, 4) is 6.07 Å². The number of likely N-dealkylation sites (N-methyl/N-ethyl adjacent to an activating group) is 1. The fourth-order valence-electron chi connectivity index (χ4n) is 2.79. The number of benzene rings is 1. The minimum absolute atomic E-state index is 0.0861. The van der Waals surface area contributed by atoms with Crippen molar-refractivity contribution in [1.82, 2.24) is 5.32 Å². The van der Waals surface area contributed by atoms with E-state index < -0.39 is 0 Å². The summed E-state index contributed by atoms with van der Waals surface area (Å²) in [6.45, 7) is 5.54. The molecule has 1 aromatic carbocycles. The van der Waals surface area contributed by atoms with Gasteiger partial charge in [-0.05, 0) is 45.5 Å². The van der Waals surface area contributed by atoms with Crippen LogP contribution in [0.15, 0.2) is 24.3 Å². The molecule has 0 radical (unpaired) electrons. The number of hydrogen-bond acceptors (Lipinski definition) is 3. The van der Waals surface area contributed by atoms with Crippen LogP contribution in [0, 0.1) is 11.3 Å². The van der Waals surface area contributed by atoms with Gasteiger partial charge in [0.15, 0.2) is 0 Å². The zero-order valence-electron chi connectivity index (χ0n) is 10.7. The van der Waals surface area contributed by atoms with Crippen LogP contribution in [0.25, 0.3) is 0 Å². The summed E-state index contributed by atoms with van der Waals surface area (Å²) in [4.78, 5) is 2.38. The molecule has 0 saturated carbocycles. The van der Waals surface area contributed by atoms with Crippen LogP contribution in [0.1, 0.15) is 25.8 Å². The fourth-order valence-corrected chi connectivity index (χ4v) is 2.79. The molecule has 1 N–H and O–H groups in total. The van der Waals surface area contributed by atoms with Crippen molar-refractivity contribution in [1.29, 1.82) is 5.26 Å². The van der Waals surface area contributed by atoms with E-state index >= 15 is 0 Å². The van der Waals surface area contributed by atoms with Gasteiger partial charge < -0.3 is 10.2 Å². The summed E-state index contributed by atoms with van der Waals surface area (Å²) >= 11 is 0. The Morgan fingerprint density at radius 3 is 2.82 bits per heavy atom. The first kappa shape index (κ1) is 11.9. The predicted octanol–water partition coefficient (Wildman–Crippen LogP) is 2.13. The van der Waals surface area contributed by atoms with Crippen LogP contribution in [-0.2, 0) is 0 Å². The maximum absolute atomic E-state index is 8.95. The van der Waals surface area contributed by atoms with Gasteiger partial charge in [0.25, 0.3) is 0 Å². The Bertz CT molecular complexity index is 445. The molecule has 1 unspecified atom stereocenters. The van der Waals surface area contributed by atoms with E-state index in [4.69, 9.17) is 5.26 Å². The van der Waals surface area contributed by atoms with Crippen molar-refractivity contribution >= 4 is 5.69 Å². The molecule has 0 bridgehead atoms. The first-order valence-corrected chi connectivity index (χ1v) is 6.04. The lowest BCUT2D eigenvalue weighted by molar-refractivity contribution is 0.403. The highest BCUT2D eigenvalue weighted by Crippen LogP contribution is 2.33. The Morgan fingerprint density at radius 1 is 1.47 bits per heavy atom. The number of anilines is 1. The highest BCUT2D eigenvalue weighted by Gasteiger charge is 2.40. The summed E-state index contributed by atoms with van der Waals surface area (Å²) in [6.07, 6.45) is 1.14. The minimum atomic E-state index is 0.0861. The van der Waals surface area contributed by atoms with Crippen molar-refractivity contribution in [3.63, 3.8) is 0 Å². The van der Waals surface area contributed by atoms with Gasteiger partial charge >= 0.3 is 0 Å². The molecule has 90 valence electrons. The summed E-state index contributed by atoms with van der Waals surface area (Å²) in [7, 11) is 2.02. The second kappa shape index (κ2) is 4.38. The summed E-state index contributed by atoms with van der Waals surface area (Å²) < 4.78 is 0. The third kappa shape index (κ3) is 2.01. The van der Waals surface area contributed by atoms with Crippen molar-refractivity contribution in [3.05, 3.63) is 29.8 Å². The molecule has 1 aliphatic heterocycles. The summed E-state index contributed by atoms with van der Waals surface area (Å²) in [5.41, 5.74) is 1.96. The zero-order valence-corrected chi connectivity index (χ0v) is 10.7. The molecule has 3 nitrogen and oxygen atoms in total. The zero-order chi connectivity index (χ0) is 12.5. The number of rotatable bonds is 2. The monoisotopic (exact) mass is 229 g/mol. The smallest absolute Gasteiger partial charge is 0.0992 e. The molecule has 1 aliphatic rings. The lowest BCUT2D eigenvalue weighted by Crippen LogP contribution is -2.50. The van der Waals surface area contributed by atoms with Crippen LogP contribution < -0.4 is 10.2 Å². The largest absolute Gasteiger partial charge is 0.365 e. The Labute approximate surface area is 103 Å². The van der Waals surface area contributed by atoms with Crippen molar-refractivity contribution in [2.75, 3.05) is 18.5 Å². The Kier molecular flexibility index (Phi) is 3.08. The van der Waals surface area contributed by atoms with Gasteiger partial charge in [-0.3, -0.25) is 0 Å². The Hall–Kier alpha value is -1.53. The first-order chi connectivity index (χ1) is 8.09. The quantitative estimate of drug-likeness (QED) is 0.844. The van der Waals surface area contributed by atoms with Gasteiger partial charge in [0, 0.05) is 23.8 Å². The maximum atomic E-state index is 8.95. The molecule has 0 spiro atoms. The molecular weight excluding hydrogens is 210 g/mol. The van der Waals surface area contributed by atoms with E-state index in [0.29, 0.717) is 6.04 Å². The molecule has 3 heteroatoms. The van der Waals surface area contributed by atoms with Crippen LogP contribution in [0.2, 0.25) is 0 Å². The molecule has 0 amide bonds. The van der Waals surface area contributed by atoms with Crippen LogP contribution in [0.3, 0.4) is 0 Å². The Morgan fingerprint density at radius 2 is 2.24 bits per heavy atom. The topological polar surface area (TPSA) is 39.1 Å². The van der Waals surface area contributed by atoms with Crippen LogP contribution in [-0.4, -0.2) is 25.2 Å². The molecule has 0 aromatic heterocycles. The highest BCUT2D eigenvalue weighted by atomic mass is 15.3. The molecular formula is C14H19N3. The average molecular weight is 229 g/mol. The molecule has 1 fully saturated rings. The van der Waals surface area contributed by atoms with Gasteiger partial charge in [0.2, 0.25) is 0 Å². The van der Waals surface area contributed by atoms with Crippen LogP contribution in [0.4, 0.5) is 5.69 Å². The van der Waals surface area contributed by atoms with Crippen LogP contribution >= 0.6 is 0 Å². The van der Waals surface area contributed by atoms with Gasteiger partial charge in [-0.2, -0.15) is 5.26 Å². The molecule has 0 aliphatic carbocycles. The van der Waals surface area contributed by atoms with Crippen molar-refractivity contribution in [2.24, 2.45) is 0 Å². The van der Waals surface area contributed by atoms with Gasteiger partial charge in [0.05, 0.1) is 11.6 Å². The second-order valence-corrected chi connectivity index (χ2v) is 5.10. The van der Waals surface area contributed by atoms with Crippen molar-refractivity contribution in [2.45, 2.75) is 31.8 Å². The number of nitriles is 1. The van der Waals surface area contributed by atoms with E-state index in [1.807, 2.05) is 25.2 Å². The molecule has 1 saturated heterocycles. The molecule has 17 heavy (non-hydrogen) atoms. The number of hydrogen-bond donors (Lipinski definition) is 1. The third-order valence-electron chi connectivity index (χ3n) is 3.83. The molecule has 1 heterocycles. The number of nitrogens with one attached hydrogen (secondary N) is 1. The summed E-state index contributed by atoms with van der Waals surface area (Å²) in [6, 6.07) is 10.6. The summed E-state index contributed by atoms with van der Waals surface area (Å²) in [5.74, 6) is 0. The van der Waals surface area contributed by atoms with E-state index in [0.717, 1.165) is 24.2 Å². The lowest BCUT2D eigenvalue weighted by atomic mass is 9.95. The van der Waals surface area contributed by atoms with Crippen LogP contribution in [0.5, 0.6) is 0 Å². The maximum Gasteiger partial charge on any atom is 0.0992 e. The average Bonchev–Trinajstić information content (AvgIpc) is 2.64. The Balaban J connectivity index is 2.32. The first-order valence-electron chi connectivity index (χ1n) is 6.04. The van der Waals surface area contributed by atoms with E-state index in [9.17, 15) is 0 Å². The van der Waals surface area contributed by atoms with E-state index in [1.165, 1.54) is 0 Å². The highest BCUT2D eigenvalue weighted by molar-refractivity contribution is 5.54. The summed E-state index contributed by atoms with van der Waals surface area (Å²) in [5, 5.41) is 12.3. The lowest BCUT2D eigenvalue weighted by Gasteiger charge is -2.37. The second-order valence-electron chi connectivity index (χ2n) is 5.10. The minimum Gasteiger partial charge on any atom is -0.365 e. The standard InChI is InChI=1S/C14H19N3/c1-14(2)13(16-3)7-8-17(14)12-6-4-5-11(9-12)10-15/h4-6,9,13,16H,7-8H2,1-3H3. The molecule has 1 atom stereocenters. The van der Waals surface area contributed by atoms with E-state index in [1.54, 1.807) is 0 Å². The van der Waals surface area contributed by atoms with Gasteiger partial charge in [-0.25, -0.2) is 0 Å². The van der Waals surface area contributed by atoms with E-state index in [2.05, 4.69) is 36.2 Å². The fraction of sp³-hybridized carbons (Fsp3) is 0.500. The predicted molar refractivity (Wildman–Crippen MR) is 70.0 cm³/mol. The van der Waals surface area contributed by atoms with Gasteiger partial charge in [-0.15, -0.1) is 0 Å². The van der Waals surface area contributed by atoms with Gasteiger partial charge in [-0.1, -0.05) is 6.07 Å². The molecule has 2 rings (SSSR count). The SMILES string of the molecule is CNC1CCN(c2cccc(C#N)c2)C1(C)C. The number of nitrogens with zero attached hydrogens (tertiary/aromatic N) is 2. The van der Waals surface area contributed by atoms with Crippen molar-refractivity contribution < 1.29 is 0 Å². The normalized spacial score (nSPS) is 22.5. The molecule has 1 aromatic rings.